The largest absolute Gasteiger partial charge is 0.358 e. The van der Waals surface area contributed by atoms with Crippen LogP contribution >= 0.6 is 11.8 Å². The van der Waals surface area contributed by atoms with Gasteiger partial charge in [0, 0.05) is 40.3 Å². The molecule has 23 heavy (non-hydrogen) atoms. The van der Waals surface area contributed by atoms with Crippen molar-refractivity contribution in [3.05, 3.63) is 65.6 Å². The second-order valence-electron chi connectivity index (χ2n) is 5.75. The van der Waals surface area contributed by atoms with Crippen molar-refractivity contribution >= 4 is 28.4 Å². The number of aryl methyl sites for hydroxylation is 1. The summed E-state index contributed by atoms with van der Waals surface area (Å²) >= 11 is 1.76. The van der Waals surface area contributed by atoms with E-state index < -0.39 is 0 Å². The van der Waals surface area contributed by atoms with E-state index in [0.29, 0.717) is 0 Å². The predicted octanol–water partition coefficient (Wildman–Crippen LogP) is 3.46. The molecule has 2 unspecified atom stereocenters. The molecule has 1 aliphatic heterocycles. The highest BCUT2D eigenvalue weighted by atomic mass is 32.2. The SMILES string of the molecule is Cc1[nH]c2ccccc2c1C(=O)C1CSC(c2cccnc2)N1. The number of nitrogens with one attached hydrogen (secondary N) is 2. The lowest BCUT2D eigenvalue weighted by Crippen LogP contribution is -2.34. The number of aromatic amines is 1. The molecular formula is C18H17N3OS. The number of ketones is 1. The van der Waals surface area contributed by atoms with E-state index in [1.54, 1.807) is 18.0 Å². The number of para-hydroxylation sites is 1. The third kappa shape index (κ3) is 2.56. The summed E-state index contributed by atoms with van der Waals surface area (Å²) in [4.78, 5) is 20.5. The van der Waals surface area contributed by atoms with E-state index in [1.807, 2.05) is 49.5 Å². The number of rotatable bonds is 3. The van der Waals surface area contributed by atoms with Crippen molar-refractivity contribution in [2.45, 2.75) is 18.3 Å². The second-order valence-corrected chi connectivity index (χ2v) is 6.89. The zero-order valence-electron chi connectivity index (χ0n) is 12.7. The molecule has 1 saturated heterocycles. The first-order chi connectivity index (χ1) is 11.2. The summed E-state index contributed by atoms with van der Waals surface area (Å²) in [5, 5.41) is 4.58. The van der Waals surface area contributed by atoms with Crippen LogP contribution in [0.1, 0.15) is 27.0 Å². The van der Waals surface area contributed by atoms with Gasteiger partial charge < -0.3 is 4.98 Å². The van der Waals surface area contributed by atoms with Gasteiger partial charge >= 0.3 is 0 Å². The molecule has 2 aromatic heterocycles. The highest BCUT2D eigenvalue weighted by Gasteiger charge is 2.33. The standard InChI is InChI=1S/C18H17N3OS/c1-11-16(13-6-2-3-7-14(13)20-11)17(22)15-10-23-18(21-15)12-5-4-8-19-9-12/h2-9,15,18,20-21H,10H2,1H3. The van der Waals surface area contributed by atoms with Gasteiger partial charge in [-0.25, -0.2) is 0 Å². The van der Waals surface area contributed by atoms with Crippen LogP contribution in [0.25, 0.3) is 10.9 Å². The summed E-state index contributed by atoms with van der Waals surface area (Å²) < 4.78 is 0. The molecule has 3 aromatic rings. The number of pyridine rings is 1. The topological polar surface area (TPSA) is 57.8 Å². The van der Waals surface area contributed by atoms with Crippen LogP contribution in [-0.4, -0.2) is 27.5 Å². The molecule has 2 N–H and O–H groups in total. The fraction of sp³-hybridized carbons (Fsp3) is 0.222. The van der Waals surface area contributed by atoms with E-state index in [0.717, 1.165) is 33.5 Å². The van der Waals surface area contributed by atoms with E-state index in [9.17, 15) is 4.79 Å². The number of hydrogen-bond donors (Lipinski definition) is 2. The monoisotopic (exact) mass is 323 g/mol. The summed E-state index contributed by atoms with van der Waals surface area (Å²) in [6.07, 6.45) is 3.62. The Balaban J connectivity index is 1.61. The maximum absolute atomic E-state index is 13.0. The van der Waals surface area contributed by atoms with Crippen molar-refractivity contribution < 1.29 is 4.79 Å². The Morgan fingerprint density at radius 1 is 1.26 bits per heavy atom. The van der Waals surface area contributed by atoms with Crippen LogP contribution < -0.4 is 5.32 Å². The van der Waals surface area contributed by atoms with Gasteiger partial charge in [-0.05, 0) is 24.6 Å². The number of thioether (sulfide) groups is 1. The first-order valence-corrected chi connectivity index (χ1v) is 8.68. The highest BCUT2D eigenvalue weighted by Crippen LogP contribution is 2.34. The van der Waals surface area contributed by atoms with Crippen molar-refractivity contribution in [3.8, 4) is 0 Å². The summed E-state index contributed by atoms with van der Waals surface area (Å²) in [7, 11) is 0. The summed E-state index contributed by atoms with van der Waals surface area (Å²) in [6.45, 7) is 1.97. The Kier molecular flexibility index (Phi) is 3.67. The molecule has 0 aliphatic carbocycles. The van der Waals surface area contributed by atoms with E-state index >= 15 is 0 Å². The third-order valence-corrected chi connectivity index (χ3v) is 5.49. The number of H-pyrrole nitrogens is 1. The zero-order valence-corrected chi connectivity index (χ0v) is 13.6. The quantitative estimate of drug-likeness (QED) is 0.725. The smallest absolute Gasteiger partial charge is 0.183 e. The second kappa shape index (κ2) is 5.83. The maximum atomic E-state index is 13.0. The zero-order chi connectivity index (χ0) is 15.8. The molecule has 4 rings (SSSR count). The average molecular weight is 323 g/mol. The molecule has 0 radical (unpaired) electrons. The Morgan fingerprint density at radius 3 is 2.96 bits per heavy atom. The fourth-order valence-electron chi connectivity index (χ4n) is 3.11. The average Bonchev–Trinajstić information content (AvgIpc) is 3.19. The Labute approximate surface area is 138 Å². The van der Waals surface area contributed by atoms with Crippen molar-refractivity contribution in [2.75, 3.05) is 5.75 Å². The normalized spacial score (nSPS) is 20.9. The molecule has 0 saturated carbocycles. The summed E-state index contributed by atoms with van der Waals surface area (Å²) in [5.41, 5.74) is 3.88. The predicted molar refractivity (Wildman–Crippen MR) is 93.7 cm³/mol. The van der Waals surface area contributed by atoms with Crippen LogP contribution in [-0.2, 0) is 0 Å². The molecule has 5 heteroatoms. The lowest BCUT2D eigenvalue weighted by atomic mass is 10.0. The van der Waals surface area contributed by atoms with Gasteiger partial charge in [-0.3, -0.25) is 15.1 Å². The molecule has 3 heterocycles. The van der Waals surface area contributed by atoms with E-state index in [-0.39, 0.29) is 17.2 Å². The Morgan fingerprint density at radius 2 is 2.13 bits per heavy atom. The molecule has 2 atom stereocenters. The minimum Gasteiger partial charge on any atom is -0.358 e. The number of fused-ring (bicyclic) bond motifs is 1. The molecule has 1 fully saturated rings. The van der Waals surface area contributed by atoms with Crippen LogP contribution in [0, 0.1) is 6.92 Å². The van der Waals surface area contributed by atoms with Crippen LogP contribution in [0.5, 0.6) is 0 Å². The van der Waals surface area contributed by atoms with Crippen molar-refractivity contribution in [2.24, 2.45) is 0 Å². The number of Topliss-reactive ketones (excluding diaryl/α,β-unsaturated/α-hetero) is 1. The van der Waals surface area contributed by atoms with E-state index in [1.165, 1.54) is 0 Å². The fourth-order valence-corrected chi connectivity index (χ4v) is 4.34. The molecule has 0 amide bonds. The van der Waals surface area contributed by atoms with Crippen LogP contribution in [0.3, 0.4) is 0 Å². The minimum atomic E-state index is -0.164. The third-order valence-electron chi connectivity index (χ3n) is 4.23. The molecule has 1 aromatic carbocycles. The lowest BCUT2D eigenvalue weighted by Gasteiger charge is -2.12. The molecule has 116 valence electrons. The lowest BCUT2D eigenvalue weighted by molar-refractivity contribution is 0.0957. The van der Waals surface area contributed by atoms with E-state index in [4.69, 9.17) is 0 Å². The van der Waals surface area contributed by atoms with Crippen LogP contribution in [0.4, 0.5) is 0 Å². The van der Waals surface area contributed by atoms with E-state index in [2.05, 4.69) is 15.3 Å². The molecular weight excluding hydrogens is 306 g/mol. The maximum Gasteiger partial charge on any atom is 0.183 e. The molecule has 4 nitrogen and oxygen atoms in total. The van der Waals surface area contributed by atoms with Crippen molar-refractivity contribution in [1.82, 2.24) is 15.3 Å². The van der Waals surface area contributed by atoms with Crippen molar-refractivity contribution in [1.29, 1.82) is 0 Å². The molecule has 0 bridgehead atoms. The number of carbonyl (C=O) groups excluding carboxylic acids is 1. The van der Waals surface area contributed by atoms with Gasteiger partial charge in [-0.15, -0.1) is 11.8 Å². The molecule has 0 spiro atoms. The molecule has 1 aliphatic rings. The van der Waals surface area contributed by atoms with Crippen LogP contribution in [0.15, 0.2) is 48.8 Å². The van der Waals surface area contributed by atoms with Gasteiger partial charge in [0.25, 0.3) is 0 Å². The minimum absolute atomic E-state index is 0.128. The van der Waals surface area contributed by atoms with Gasteiger partial charge in [0.15, 0.2) is 5.78 Å². The number of aromatic nitrogens is 2. The Bertz CT molecular complexity index is 859. The summed E-state index contributed by atoms with van der Waals surface area (Å²) in [5.74, 6) is 0.941. The number of hydrogen-bond acceptors (Lipinski definition) is 4. The highest BCUT2D eigenvalue weighted by molar-refractivity contribution is 7.99. The first-order valence-electron chi connectivity index (χ1n) is 7.63. The van der Waals surface area contributed by atoms with Crippen LogP contribution in [0.2, 0.25) is 0 Å². The Hall–Kier alpha value is -2.11. The van der Waals surface area contributed by atoms with Gasteiger partial charge in [0.05, 0.1) is 11.4 Å². The first kappa shape index (κ1) is 14.5. The summed E-state index contributed by atoms with van der Waals surface area (Å²) in [6, 6.07) is 11.8. The number of carbonyl (C=O) groups is 1. The van der Waals surface area contributed by atoms with Gasteiger partial charge in [0.1, 0.15) is 0 Å². The number of benzene rings is 1. The van der Waals surface area contributed by atoms with Gasteiger partial charge in [0.2, 0.25) is 0 Å². The van der Waals surface area contributed by atoms with Gasteiger partial charge in [-0.1, -0.05) is 24.3 Å². The number of nitrogens with zero attached hydrogens (tertiary/aromatic N) is 1. The van der Waals surface area contributed by atoms with Crippen molar-refractivity contribution in [3.63, 3.8) is 0 Å². The van der Waals surface area contributed by atoms with Gasteiger partial charge in [-0.2, -0.15) is 0 Å².